The highest BCUT2D eigenvalue weighted by Crippen LogP contribution is 2.14. The minimum atomic E-state index is 0. The van der Waals surface area contributed by atoms with Crippen molar-refractivity contribution in [3.8, 4) is 0 Å². The van der Waals surface area contributed by atoms with Crippen LogP contribution in [-0.4, -0.2) is 56.6 Å². The van der Waals surface area contributed by atoms with E-state index in [0.717, 1.165) is 6.54 Å². The summed E-state index contributed by atoms with van der Waals surface area (Å²) < 4.78 is 0. The number of piperazine rings is 1. The quantitative estimate of drug-likeness (QED) is 0.907. The first-order chi connectivity index (χ1) is 8.29. The summed E-state index contributed by atoms with van der Waals surface area (Å²) in [7, 11) is 4.25. The van der Waals surface area contributed by atoms with E-state index in [1.165, 1.54) is 31.7 Å². The maximum atomic E-state index is 3.42. The summed E-state index contributed by atoms with van der Waals surface area (Å²) in [6, 6.07) is 11.2. The van der Waals surface area contributed by atoms with Crippen LogP contribution >= 0.6 is 37.2 Å². The number of benzene rings is 1. The zero-order valence-electron chi connectivity index (χ0n) is 12.1. The summed E-state index contributed by atoms with van der Waals surface area (Å²) in [5, 5.41) is 3.42. The van der Waals surface area contributed by atoms with E-state index in [1.54, 1.807) is 0 Å². The first kappa shape index (κ1) is 22.3. The molecule has 0 spiro atoms. The summed E-state index contributed by atoms with van der Waals surface area (Å²) in [5.74, 6) is 0. The number of hydrogen-bond acceptors (Lipinski definition) is 3. The average Bonchev–Trinajstić information content (AvgIpc) is 2.39. The highest BCUT2D eigenvalue weighted by molar-refractivity contribution is 5.86. The van der Waals surface area contributed by atoms with E-state index in [1.807, 2.05) is 7.05 Å². The van der Waals surface area contributed by atoms with Crippen molar-refractivity contribution >= 4 is 37.2 Å². The second-order valence-corrected chi connectivity index (χ2v) is 4.86. The van der Waals surface area contributed by atoms with Gasteiger partial charge in [-0.2, -0.15) is 0 Å². The molecule has 118 valence electrons. The molecule has 1 saturated heterocycles. The van der Waals surface area contributed by atoms with Crippen molar-refractivity contribution in [3.05, 3.63) is 35.9 Å². The Kier molecular flexibility index (Phi) is 12.9. The topological polar surface area (TPSA) is 18.5 Å². The lowest BCUT2D eigenvalue weighted by molar-refractivity contribution is 0.143. The van der Waals surface area contributed by atoms with Crippen LogP contribution in [0.1, 0.15) is 11.6 Å². The highest BCUT2D eigenvalue weighted by atomic mass is 35.5. The highest BCUT2D eigenvalue weighted by Gasteiger charge is 2.18. The normalized spacial score (nSPS) is 17.3. The van der Waals surface area contributed by atoms with Crippen molar-refractivity contribution in [2.45, 2.75) is 6.04 Å². The average molecular weight is 343 g/mol. The van der Waals surface area contributed by atoms with Crippen molar-refractivity contribution in [3.63, 3.8) is 0 Å². The van der Waals surface area contributed by atoms with Crippen LogP contribution in [0.15, 0.2) is 30.3 Å². The summed E-state index contributed by atoms with van der Waals surface area (Å²) >= 11 is 0. The summed E-state index contributed by atoms with van der Waals surface area (Å²) in [6.07, 6.45) is 0. The third-order valence-corrected chi connectivity index (χ3v) is 3.59. The fraction of sp³-hybridized carbons (Fsp3) is 0.571. The van der Waals surface area contributed by atoms with Crippen LogP contribution in [0, 0.1) is 0 Å². The zero-order chi connectivity index (χ0) is 12.1. The van der Waals surface area contributed by atoms with Gasteiger partial charge in [0.05, 0.1) is 0 Å². The fourth-order valence-corrected chi connectivity index (χ4v) is 2.34. The van der Waals surface area contributed by atoms with E-state index in [-0.39, 0.29) is 37.2 Å². The molecule has 2 rings (SSSR count). The minimum Gasteiger partial charge on any atom is -0.312 e. The van der Waals surface area contributed by atoms with E-state index in [9.17, 15) is 0 Å². The number of hydrogen-bond donors (Lipinski definition) is 1. The van der Waals surface area contributed by atoms with Gasteiger partial charge in [-0.3, -0.25) is 4.90 Å². The lowest BCUT2D eigenvalue weighted by atomic mass is 10.1. The van der Waals surface area contributed by atoms with Crippen LogP contribution in [0.2, 0.25) is 0 Å². The monoisotopic (exact) mass is 341 g/mol. The number of nitrogens with zero attached hydrogens (tertiary/aromatic N) is 2. The van der Waals surface area contributed by atoms with Crippen LogP contribution < -0.4 is 5.32 Å². The molecule has 1 heterocycles. The van der Waals surface area contributed by atoms with Crippen molar-refractivity contribution in [2.75, 3.05) is 46.8 Å². The van der Waals surface area contributed by atoms with E-state index < -0.39 is 0 Å². The Morgan fingerprint density at radius 3 is 2.05 bits per heavy atom. The molecule has 1 aliphatic rings. The van der Waals surface area contributed by atoms with Gasteiger partial charge < -0.3 is 10.2 Å². The number of likely N-dealkylation sites (N-methyl/N-ethyl adjacent to an activating group) is 2. The molecule has 6 heteroatoms. The van der Waals surface area contributed by atoms with Gasteiger partial charge in [0.25, 0.3) is 0 Å². The Balaban J connectivity index is 0. The van der Waals surface area contributed by atoms with Gasteiger partial charge in [0, 0.05) is 38.8 Å². The van der Waals surface area contributed by atoms with Gasteiger partial charge in [-0.25, -0.2) is 0 Å². The predicted octanol–water partition coefficient (Wildman–Crippen LogP) is 2.46. The summed E-state index contributed by atoms with van der Waals surface area (Å²) in [4.78, 5) is 4.95. The zero-order valence-corrected chi connectivity index (χ0v) is 14.6. The van der Waals surface area contributed by atoms with Gasteiger partial charge in [0.2, 0.25) is 0 Å². The Hall–Kier alpha value is -0.0300. The third-order valence-electron chi connectivity index (χ3n) is 3.59. The molecular weight excluding hydrogens is 317 g/mol. The van der Waals surface area contributed by atoms with Crippen LogP contribution in [0.5, 0.6) is 0 Å². The molecule has 1 aliphatic heterocycles. The van der Waals surface area contributed by atoms with Crippen LogP contribution in [0.4, 0.5) is 0 Å². The standard InChI is InChI=1S/C14H23N3.3ClH/c1-15-14(13-6-4-3-5-7-13)12-17-10-8-16(2)9-11-17;;;/h3-7,14-15H,8-12H2,1-2H3;3*1H. The van der Waals surface area contributed by atoms with Crippen molar-refractivity contribution < 1.29 is 0 Å². The van der Waals surface area contributed by atoms with E-state index in [0.29, 0.717) is 6.04 Å². The minimum absolute atomic E-state index is 0. The molecule has 1 N–H and O–H groups in total. The summed E-state index contributed by atoms with van der Waals surface area (Å²) in [5.41, 5.74) is 1.38. The van der Waals surface area contributed by atoms with Gasteiger partial charge in [-0.15, -0.1) is 37.2 Å². The molecule has 0 aliphatic carbocycles. The van der Waals surface area contributed by atoms with Crippen molar-refractivity contribution in [1.29, 1.82) is 0 Å². The first-order valence-electron chi connectivity index (χ1n) is 6.42. The molecule has 0 aromatic heterocycles. The van der Waals surface area contributed by atoms with Crippen molar-refractivity contribution in [2.24, 2.45) is 0 Å². The lowest BCUT2D eigenvalue weighted by Gasteiger charge is -2.34. The molecule has 1 fully saturated rings. The van der Waals surface area contributed by atoms with Gasteiger partial charge in [-0.05, 0) is 19.7 Å². The molecule has 0 radical (unpaired) electrons. The SMILES string of the molecule is CNC(CN1CCN(C)CC1)c1ccccc1.Cl.Cl.Cl. The number of halogens is 3. The van der Waals surface area contributed by atoms with E-state index in [4.69, 9.17) is 0 Å². The maximum Gasteiger partial charge on any atom is 0.0446 e. The second-order valence-electron chi connectivity index (χ2n) is 4.86. The lowest BCUT2D eigenvalue weighted by Crippen LogP contribution is -2.47. The Morgan fingerprint density at radius 2 is 1.55 bits per heavy atom. The molecule has 1 atom stereocenters. The molecule has 1 aromatic rings. The molecule has 0 amide bonds. The molecule has 0 saturated carbocycles. The third kappa shape index (κ3) is 6.61. The first-order valence-corrected chi connectivity index (χ1v) is 6.42. The number of rotatable bonds is 4. The number of nitrogens with one attached hydrogen (secondary N) is 1. The van der Waals surface area contributed by atoms with Crippen LogP contribution in [-0.2, 0) is 0 Å². The molecular formula is C14H26Cl3N3. The van der Waals surface area contributed by atoms with Crippen LogP contribution in [0.3, 0.4) is 0 Å². The molecule has 1 aromatic carbocycles. The molecule has 0 bridgehead atoms. The Bertz CT molecular complexity index is 330. The van der Waals surface area contributed by atoms with Gasteiger partial charge >= 0.3 is 0 Å². The Labute approximate surface area is 141 Å². The van der Waals surface area contributed by atoms with E-state index in [2.05, 4.69) is 52.5 Å². The molecule has 20 heavy (non-hydrogen) atoms. The fourth-order valence-electron chi connectivity index (χ4n) is 2.34. The van der Waals surface area contributed by atoms with E-state index >= 15 is 0 Å². The summed E-state index contributed by atoms with van der Waals surface area (Å²) in [6.45, 7) is 5.84. The van der Waals surface area contributed by atoms with Gasteiger partial charge in [-0.1, -0.05) is 30.3 Å². The van der Waals surface area contributed by atoms with Gasteiger partial charge in [0.1, 0.15) is 0 Å². The largest absolute Gasteiger partial charge is 0.312 e. The Morgan fingerprint density at radius 1 is 1.00 bits per heavy atom. The van der Waals surface area contributed by atoms with Gasteiger partial charge in [0.15, 0.2) is 0 Å². The molecule has 1 unspecified atom stereocenters. The smallest absolute Gasteiger partial charge is 0.0446 e. The van der Waals surface area contributed by atoms with Crippen molar-refractivity contribution in [1.82, 2.24) is 15.1 Å². The molecule has 3 nitrogen and oxygen atoms in total. The second kappa shape index (κ2) is 11.6. The maximum absolute atomic E-state index is 3.42. The predicted molar refractivity (Wildman–Crippen MR) is 93.9 cm³/mol. The van der Waals surface area contributed by atoms with Crippen LogP contribution in [0.25, 0.3) is 0 Å².